The number of benzene rings is 2. The summed E-state index contributed by atoms with van der Waals surface area (Å²) in [6.45, 7) is 6.11. The second-order valence-corrected chi connectivity index (χ2v) is 11.3. The van der Waals surface area contributed by atoms with E-state index in [1.165, 1.54) is 6.20 Å². The molecular weight excluding hydrogens is 484 g/mol. The Morgan fingerprint density at radius 2 is 1.83 bits per heavy atom. The van der Waals surface area contributed by atoms with Crippen molar-refractivity contribution in [3.05, 3.63) is 54.2 Å². The predicted molar refractivity (Wildman–Crippen MR) is 140 cm³/mol. The maximum atomic E-state index is 13.8. The van der Waals surface area contributed by atoms with Crippen LogP contribution in [0.1, 0.15) is 37.0 Å². The van der Waals surface area contributed by atoms with Crippen LogP contribution >= 0.6 is 11.8 Å². The van der Waals surface area contributed by atoms with Gasteiger partial charge < -0.3 is 14.4 Å². The number of esters is 1. The zero-order valence-corrected chi connectivity index (χ0v) is 21.7. The van der Waals surface area contributed by atoms with Gasteiger partial charge in [-0.25, -0.2) is 13.2 Å². The van der Waals surface area contributed by atoms with Crippen LogP contribution in [0.15, 0.2) is 58.5 Å². The summed E-state index contributed by atoms with van der Waals surface area (Å²) in [5, 5.41) is 0.628. The second-order valence-electron chi connectivity index (χ2n) is 8.20. The summed E-state index contributed by atoms with van der Waals surface area (Å²) in [5.74, 6) is 1.98. The minimum atomic E-state index is -3.88. The van der Waals surface area contributed by atoms with Crippen LogP contribution in [-0.4, -0.2) is 57.2 Å². The Kier molecular flexibility index (Phi) is 8.18. The molecule has 0 saturated carbocycles. The highest BCUT2D eigenvalue weighted by molar-refractivity contribution is 7.99. The van der Waals surface area contributed by atoms with Crippen LogP contribution in [-0.2, 0) is 14.6 Å². The number of pyridine rings is 1. The van der Waals surface area contributed by atoms with Crippen molar-refractivity contribution in [3.8, 4) is 5.75 Å². The summed E-state index contributed by atoms with van der Waals surface area (Å²) in [6.07, 6.45) is 3.40. The normalized spacial score (nSPS) is 14.2. The summed E-state index contributed by atoms with van der Waals surface area (Å²) >= 11 is 1.84. The average Bonchev–Trinajstić information content (AvgIpc) is 2.88. The van der Waals surface area contributed by atoms with Crippen LogP contribution in [0.25, 0.3) is 10.9 Å². The largest absolute Gasteiger partial charge is 0.494 e. The number of carbonyl (C=O) groups excluding carboxylic acids is 1. The molecule has 1 aromatic heterocycles. The van der Waals surface area contributed by atoms with Gasteiger partial charge in [-0.1, -0.05) is 13.3 Å². The van der Waals surface area contributed by atoms with Crippen molar-refractivity contribution < 1.29 is 22.7 Å². The lowest BCUT2D eigenvalue weighted by atomic mass is 10.1. The van der Waals surface area contributed by atoms with Gasteiger partial charge in [0.25, 0.3) is 0 Å². The Balaban J connectivity index is 1.81. The van der Waals surface area contributed by atoms with Crippen molar-refractivity contribution >= 4 is 44.2 Å². The predicted octanol–water partition coefficient (Wildman–Crippen LogP) is 4.98. The molecule has 7 nitrogen and oxygen atoms in total. The second kappa shape index (κ2) is 11.3. The third kappa shape index (κ3) is 5.56. The number of hydrogen-bond donors (Lipinski definition) is 0. The summed E-state index contributed by atoms with van der Waals surface area (Å²) in [5.41, 5.74) is 1.59. The van der Waals surface area contributed by atoms with Crippen molar-refractivity contribution in [1.29, 1.82) is 0 Å². The van der Waals surface area contributed by atoms with Crippen molar-refractivity contribution in [2.24, 2.45) is 0 Å². The van der Waals surface area contributed by atoms with E-state index in [4.69, 9.17) is 9.47 Å². The lowest BCUT2D eigenvalue weighted by molar-refractivity contribution is 0.0526. The van der Waals surface area contributed by atoms with Crippen molar-refractivity contribution in [1.82, 2.24) is 4.98 Å². The number of ether oxygens (including phenoxy) is 2. The molecule has 0 aliphatic carbocycles. The standard InChI is InChI=1S/C26H30N2O5S2/c1-3-5-14-33-20-7-9-21(10-8-20)35(30,31)24-18-27-23-11-6-19(26(29)32-4-2)17-22(23)25(24)28-12-15-34-16-13-28/h6-11,17-18H,3-5,12-16H2,1-2H3. The molecule has 1 aliphatic heterocycles. The topological polar surface area (TPSA) is 85.8 Å². The smallest absolute Gasteiger partial charge is 0.338 e. The summed E-state index contributed by atoms with van der Waals surface area (Å²) in [7, 11) is -3.88. The molecule has 3 aromatic rings. The number of fused-ring (bicyclic) bond motifs is 1. The number of aromatic nitrogens is 1. The van der Waals surface area contributed by atoms with E-state index < -0.39 is 15.8 Å². The fourth-order valence-electron chi connectivity index (χ4n) is 3.99. The van der Waals surface area contributed by atoms with Gasteiger partial charge in [0.15, 0.2) is 0 Å². The number of thioether (sulfide) groups is 1. The van der Waals surface area contributed by atoms with Crippen LogP contribution in [0.3, 0.4) is 0 Å². The third-order valence-corrected chi connectivity index (χ3v) is 8.55. The molecule has 35 heavy (non-hydrogen) atoms. The number of unbranched alkanes of at least 4 members (excludes halogenated alkanes) is 1. The highest BCUT2D eigenvalue weighted by atomic mass is 32.2. The first-order valence-electron chi connectivity index (χ1n) is 11.9. The van der Waals surface area contributed by atoms with Gasteiger partial charge in [0, 0.05) is 36.2 Å². The Morgan fingerprint density at radius 3 is 2.51 bits per heavy atom. The van der Waals surface area contributed by atoms with Crippen LogP contribution in [0.4, 0.5) is 5.69 Å². The van der Waals surface area contributed by atoms with E-state index in [9.17, 15) is 13.2 Å². The minimum Gasteiger partial charge on any atom is -0.494 e. The number of sulfone groups is 1. The Hall–Kier alpha value is -2.78. The van der Waals surface area contributed by atoms with E-state index in [0.29, 0.717) is 47.6 Å². The fraction of sp³-hybridized carbons (Fsp3) is 0.385. The van der Waals surface area contributed by atoms with Crippen LogP contribution in [0.2, 0.25) is 0 Å². The molecule has 9 heteroatoms. The van der Waals surface area contributed by atoms with E-state index in [0.717, 1.165) is 24.3 Å². The van der Waals surface area contributed by atoms with Crippen LogP contribution < -0.4 is 9.64 Å². The van der Waals surface area contributed by atoms with Gasteiger partial charge in [0.05, 0.1) is 34.9 Å². The van der Waals surface area contributed by atoms with Crippen molar-refractivity contribution in [2.45, 2.75) is 36.5 Å². The number of nitrogens with zero attached hydrogens (tertiary/aromatic N) is 2. The van der Waals surface area contributed by atoms with E-state index in [-0.39, 0.29) is 16.4 Å². The molecule has 1 aliphatic rings. The lowest BCUT2D eigenvalue weighted by Crippen LogP contribution is -2.33. The van der Waals surface area contributed by atoms with Gasteiger partial charge >= 0.3 is 5.97 Å². The first kappa shape index (κ1) is 25.3. The first-order chi connectivity index (χ1) is 17.0. The molecule has 0 atom stereocenters. The number of hydrogen-bond acceptors (Lipinski definition) is 8. The van der Waals surface area contributed by atoms with Gasteiger partial charge in [0.1, 0.15) is 10.6 Å². The fourth-order valence-corrected chi connectivity index (χ4v) is 6.32. The van der Waals surface area contributed by atoms with Crippen molar-refractivity contribution in [3.63, 3.8) is 0 Å². The van der Waals surface area contributed by atoms with Gasteiger partial charge in [-0.3, -0.25) is 4.98 Å². The van der Waals surface area contributed by atoms with E-state index in [1.54, 1.807) is 49.4 Å². The SMILES string of the molecule is CCCCOc1ccc(S(=O)(=O)c2cnc3ccc(C(=O)OCC)cc3c2N2CCSCC2)cc1. The van der Waals surface area contributed by atoms with Gasteiger partial charge in [-0.15, -0.1) is 0 Å². The highest BCUT2D eigenvalue weighted by Gasteiger charge is 2.28. The number of rotatable bonds is 9. The summed E-state index contributed by atoms with van der Waals surface area (Å²) in [6, 6.07) is 11.6. The molecule has 1 fully saturated rings. The minimum absolute atomic E-state index is 0.137. The van der Waals surface area contributed by atoms with Crippen LogP contribution in [0, 0.1) is 0 Å². The molecule has 0 radical (unpaired) electrons. The van der Waals surface area contributed by atoms with E-state index >= 15 is 0 Å². The van der Waals surface area contributed by atoms with Gasteiger partial charge in [0.2, 0.25) is 9.84 Å². The van der Waals surface area contributed by atoms with Gasteiger partial charge in [-0.2, -0.15) is 11.8 Å². The zero-order chi connectivity index (χ0) is 24.8. The Morgan fingerprint density at radius 1 is 1.09 bits per heavy atom. The molecule has 0 spiro atoms. The average molecular weight is 515 g/mol. The summed E-state index contributed by atoms with van der Waals surface area (Å²) in [4.78, 5) is 19.3. The summed E-state index contributed by atoms with van der Waals surface area (Å²) < 4.78 is 38.5. The molecule has 0 bridgehead atoms. The third-order valence-electron chi connectivity index (χ3n) is 5.83. The number of anilines is 1. The van der Waals surface area contributed by atoms with E-state index in [2.05, 4.69) is 16.8 Å². The molecular formula is C26H30N2O5S2. The molecule has 2 aromatic carbocycles. The maximum absolute atomic E-state index is 13.8. The maximum Gasteiger partial charge on any atom is 0.338 e. The number of carbonyl (C=O) groups is 1. The lowest BCUT2D eigenvalue weighted by Gasteiger charge is -2.31. The molecule has 4 rings (SSSR count). The van der Waals surface area contributed by atoms with Crippen LogP contribution in [0.5, 0.6) is 5.75 Å². The molecule has 186 valence electrons. The quantitative estimate of drug-likeness (QED) is 0.292. The molecule has 0 amide bonds. The molecule has 1 saturated heterocycles. The monoisotopic (exact) mass is 514 g/mol. The van der Waals surface area contributed by atoms with Gasteiger partial charge in [-0.05, 0) is 55.8 Å². The Bertz CT molecular complexity index is 1290. The zero-order valence-electron chi connectivity index (χ0n) is 20.0. The molecule has 0 N–H and O–H groups in total. The first-order valence-corrected chi connectivity index (χ1v) is 14.5. The van der Waals surface area contributed by atoms with E-state index in [1.807, 2.05) is 11.8 Å². The van der Waals surface area contributed by atoms with Crippen molar-refractivity contribution in [2.75, 3.05) is 42.7 Å². The molecule has 2 heterocycles. The Labute approximate surface area is 210 Å². The molecule has 0 unspecified atom stereocenters. The highest BCUT2D eigenvalue weighted by Crippen LogP contribution is 2.37.